The van der Waals surface area contributed by atoms with E-state index in [0.717, 1.165) is 6.42 Å². The molecule has 0 radical (unpaired) electrons. The first-order valence-electron chi connectivity index (χ1n) is 6.12. The van der Waals surface area contributed by atoms with E-state index in [1.54, 1.807) is 0 Å². The molecule has 0 amide bonds. The van der Waals surface area contributed by atoms with Gasteiger partial charge < -0.3 is 10.5 Å². The SMILES string of the molecule is NC1CCOCC1N1CCCC(C(F)(F)F)C1. The molecule has 2 N–H and O–H groups in total. The van der Waals surface area contributed by atoms with Gasteiger partial charge in [-0.15, -0.1) is 0 Å². The van der Waals surface area contributed by atoms with Crippen molar-refractivity contribution < 1.29 is 17.9 Å². The number of halogens is 3. The first kappa shape index (κ1) is 13.1. The summed E-state index contributed by atoms with van der Waals surface area (Å²) >= 11 is 0. The minimum Gasteiger partial charge on any atom is -0.380 e. The summed E-state index contributed by atoms with van der Waals surface area (Å²) in [5, 5.41) is 0. The molecule has 3 atom stereocenters. The fourth-order valence-electron chi connectivity index (χ4n) is 2.69. The van der Waals surface area contributed by atoms with Crippen LogP contribution in [0.3, 0.4) is 0 Å². The smallest absolute Gasteiger partial charge is 0.380 e. The predicted octanol–water partition coefficient (Wildman–Crippen LogP) is 1.38. The molecule has 3 nitrogen and oxygen atoms in total. The van der Waals surface area contributed by atoms with Crippen molar-refractivity contribution in [2.24, 2.45) is 11.7 Å². The van der Waals surface area contributed by atoms with Crippen LogP contribution in [0.5, 0.6) is 0 Å². The van der Waals surface area contributed by atoms with E-state index in [9.17, 15) is 13.2 Å². The topological polar surface area (TPSA) is 38.5 Å². The lowest BCUT2D eigenvalue weighted by atomic mass is 9.93. The Morgan fingerprint density at radius 3 is 2.65 bits per heavy atom. The highest BCUT2D eigenvalue weighted by Gasteiger charge is 2.43. The van der Waals surface area contributed by atoms with Gasteiger partial charge in [0.15, 0.2) is 0 Å². The van der Waals surface area contributed by atoms with Crippen LogP contribution in [0, 0.1) is 5.92 Å². The number of rotatable bonds is 1. The third-order valence-electron chi connectivity index (χ3n) is 3.76. The van der Waals surface area contributed by atoms with Gasteiger partial charge >= 0.3 is 6.18 Å². The van der Waals surface area contributed by atoms with Crippen molar-refractivity contribution >= 4 is 0 Å². The number of nitrogens with zero attached hydrogens (tertiary/aromatic N) is 1. The van der Waals surface area contributed by atoms with Gasteiger partial charge in [0.1, 0.15) is 0 Å². The van der Waals surface area contributed by atoms with Gasteiger partial charge in [-0.05, 0) is 25.8 Å². The molecule has 0 spiro atoms. The van der Waals surface area contributed by atoms with Gasteiger partial charge in [-0.25, -0.2) is 0 Å². The average molecular weight is 252 g/mol. The molecule has 0 aromatic carbocycles. The molecule has 0 aromatic heterocycles. The van der Waals surface area contributed by atoms with Crippen molar-refractivity contribution in [3.8, 4) is 0 Å². The van der Waals surface area contributed by atoms with E-state index < -0.39 is 12.1 Å². The molecule has 2 saturated heterocycles. The standard InChI is InChI=1S/C11H19F3N2O/c12-11(13,14)8-2-1-4-16(6-8)10-7-17-5-3-9(10)15/h8-10H,1-7,15H2. The van der Waals surface area contributed by atoms with Crippen LogP contribution in [0.2, 0.25) is 0 Å². The lowest BCUT2D eigenvalue weighted by Gasteiger charge is -2.42. The Kier molecular flexibility index (Phi) is 3.95. The van der Waals surface area contributed by atoms with E-state index in [-0.39, 0.29) is 25.0 Å². The molecular weight excluding hydrogens is 233 g/mol. The largest absolute Gasteiger partial charge is 0.393 e. The monoisotopic (exact) mass is 252 g/mol. The number of piperidine rings is 1. The van der Waals surface area contributed by atoms with Crippen LogP contribution in [0.1, 0.15) is 19.3 Å². The Morgan fingerprint density at radius 1 is 1.24 bits per heavy atom. The molecule has 3 unspecified atom stereocenters. The Bertz CT molecular complexity index is 260. The van der Waals surface area contributed by atoms with Crippen molar-refractivity contribution in [3.63, 3.8) is 0 Å². The minimum atomic E-state index is -4.09. The molecule has 0 saturated carbocycles. The maximum absolute atomic E-state index is 12.7. The molecule has 2 aliphatic heterocycles. The van der Waals surface area contributed by atoms with Crippen molar-refractivity contribution in [2.75, 3.05) is 26.3 Å². The van der Waals surface area contributed by atoms with Crippen molar-refractivity contribution in [1.82, 2.24) is 4.90 Å². The molecule has 0 aliphatic carbocycles. The van der Waals surface area contributed by atoms with Crippen LogP contribution in [0.25, 0.3) is 0 Å². The average Bonchev–Trinajstić information content (AvgIpc) is 2.29. The second-order valence-electron chi connectivity index (χ2n) is 4.97. The van der Waals surface area contributed by atoms with Gasteiger partial charge in [-0.1, -0.05) is 0 Å². The molecule has 2 heterocycles. The maximum Gasteiger partial charge on any atom is 0.393 e. The second-order valence-corrected chi connectivity index (χ2v) is 4.97. The van der Waals surface area contributed by atoms with Crippen molar-refractivity contribution in [1.29, 1.82) is 0 Å². The van der Waals surface area contributed by atoms with Gasteiger partial charge in [0.25, 0.3) is 0 Å². The highest BCUT2D eigenvalue weighted by Crippen LogP contribution is 2.34. The summed E-state index contributed by atoms with van der Waals surface area (Å²) in [7, 11) is 0. The van der Waals surface area contributed by atoms with Crippen LogP contribution < -0.4 is 5.73 Å². The molecule has 17 heavy (non-hydrogen) atoms. The van der Waals surface area contributed by atoms with E-state index in [1.807, 2.05) is 4.90 Å². The van der Waals surface area contributed by atoms with Gasteiger partial charge in [0, 0.05) is 25.2 Å². The summed E-state index contributed by atoms with van der Waals surface area (Å²) in [6.07, 6.45) is -2.52. The summed E-state index contributed by atoms with van der Waals surface area (Å²) in [5.74, 6) is -1.20. The summed E-state index contributed by atoms with van der Waals surface area (Å²) in [6, 6.07) is -0.107. The molecule has 100 valence electrons. The van der Waals surface area contributed by atoms with E-state index in [1.165, 1.54) is 0 Å². The number of ether oxygens (including phenoxy) is 1. The Hall–Kier alpha value is -0.330. The molecule has 2 fully saturated rings. The van der Waals surface area contributed by atoms with Crippen LogP contribution in [0.15, 0.2) is 0 Å². The number of hydrogen-bond donors (Lipinski definition) is 1. The lowest BCUT2D eigenvalue weighted by molar-refractivity contribution is -0.190. The fourth-order valence-corrected chi connectivity index (χ4v) is 2.69. The quantitative estimate of drug-likeness (QED) is 0.766. The predicted molar refractivity (Wildman–Crippen MR) is 57.6 cm³/mol. The van der Waals surface area contributed by atoms with Crippen molar-refractivity contribution in [2.45, 2.75) is 37.5 Å². The van der Waals surface area contributed by atoms with E-state index in [4.69, 9.17) is 10.5 Å². The van der Waals surface area contributed by atoms with Crippen LogP contribution >= 0.6 is 0 Å². The lowest BCUT2D eigenvalue weighted by Crippen LogP contribution is -2.57. The molecule has 0 bridgehead atoms. The van der Waals surface area contributed by atoms with Gasteiger partial charge in [-0.2, -0.15) is 13.2 Å². The zero-order valence-electron chi connectivity index (χ0n) is 9.75. The van der Waals surface area contributed by atoms with E-state index in [0.29, 0.717) is 26.2 Å². The number of nitrogens with two attached hydrogens (primary N) is 1. The van der Waals surface area contributed by atoms with Gasteiger partial charge in [0.05, 0.1) is 12.5 Å². The summed E-state index contributed by atoms with van der Waals surface area (Å²) in [5.41, 5.74) is 5.96. The Morgan fingerprint density at radius 2 is 2.00 bits per heavy atom. The summed E-state index contributed by atoms with van der Waals surface area (Å²) in [6.45, 7) is 1.86. The van der Waals surface area contributed by atoms with Crippen molar-refractivity contribution in [3.05, 3.63) is 0 Å². The maximum atomic E-state index is 12.7. The van der Waals surface area contributed by atoms with E-state index in [2.05, 4.69) is 0 Å². The van der Waals surface area contributed by atoms with Crippen LogP contribution in [-0.4, -0.2) is 49.5 Å². The van der Waals surface area contributed by atoms with Gasteiger partial charge in [0.2, 0.25) is 0 Å². The Labute approximate surface area is 99.1 Å². The highest BCUT2D eigenvalue weighted by molar-refractivity contribution is 4.89. The number of hydrogen-bond acceptors (Lipinski definition) is 3. The zero-order valence-corrected chi connectivity index (χ0v) is 9.75. The molecule has 2 aliphatic rings. The number of likely N-dealkylation sites (tertiary alicyclic amines) is 1. The minimum absolute atomic E-state index is 0.0473. The zero-order chi connectivity index (χ0) is 12.5. The molecular formula is C11H19F3N2O. The molecule has 2 rings (SSSR count). The third-order valence-corrected chi connectivity index (χ3v) is 3.76. The first-order valence-corrected chi connectivity index (χ1v) is 6.12. The Balaban J connectivity index is 1.96. The van der Waals surface area contributed by atoms with E-state index >= 15 is 0 Å². The normalized spacial score (nSPS) is 37.1. The van der Waals surface area contributed by atoms with Crippen LogP contribution in [0.4, 0.5) is 13.2 Å². The summed E-state index contributed by atoms with van der Waals surface area (Å²) in [4.78, 5) is 1.87. The van der Waals surface area contributed by atoms with Gasteiger partial charge in [-0.3, -0.25) is 4.90 Å². The molecule has 6 heteroatoms. The number of alkyl halides is 3. The second kappa shape index (κ2) is 5.12. The highest BCUT2D eigenvalue weighted by atomic mass is 19.4. The summed E-state index contributed by atoms with van der Waals surface area (Å²) < 4.78 is 43.4. The molecule has 0 aromatic rings. The third kappa shape index (κ3) is 3.11. The van der Waals surface area contributed by atoms with Crippen LogP contribution in [-0.2, 0) is 4.74 Å². The fraction of sp³-hybridized carbons (Fsp3) is 1.00. The first-order chi connectivity index (χ1) is 7.98.